The highest BCUT2D eigenvalue weighted by molar-refractivity contribution is 6.35. The number of benzene rings is 1. The molecule has 19 heavy (non-hydrogen) atoms. The van der Waals surface area contributed by atoms with E-state index in [0.717, 1.165) is 5.56 Å². The maximum absolute atomic E-state index is 12.7. The van der Waals surface area contributed by atoms with Gasteiger partial charge in [-0.2, -0.15) is 0 Å². The number of halogens is 1. The first-order valence-corrected chi connectivity index (χ1v) is 6.13. The molecule has 4 nitrogen and oxygen atoms in total. The molecule has 0 atom stereocenters. The second-order valence-electron chi connectivity index (χ2n) is 5.34. The molecule has 1 aromatic rings. The zero-order chi connectivity index (χ0) is 14.5. The Morgan fingerprint density at radius 2 is 1.68 bits per heavy atom. The Morgan fingerprint density at radius 3 is 2.21 bits per heavy atom. The number of rotatable bonds is 3. The van der Waals surface area contributed by atoms with Crippen LogP contribution in [0.15, 0.2) is 24.3 Å². The average Bonchev–Trinajstić information content (AvgIpc) is 2.29. The second kappa shape index (κ2) is 6.31. The molecule has 0 bridgehead atoms. The van der Waals surface area contributed by atoms with Crippen molar-refractivity contribution in [1.29, 1.82) is 0 Å². The number of nitrogens with one attached hydrogen (secondary N) is 2. The minimum Gasteiger partial charge on any atom is -0.348 e. The quantitative estimate of drug-likeness (QED) is 0.812. The molecule has 2 N–H and O–H groups in total. The third kappa shape index (κ3) is 5.99. The predicted molar refractivity (Wildman–Crippen MR) is 71.0 cm³/mol. The van der Waals surface area contributed by atoms with Gasteiger partial charge in [0.1, 0.15) is 5.82 Å². The summed E-state index contributed by atoms with van der Waals surface area (Å²) in [5.41, 5.74) is 0.462. The van der Waals surface area contributed by atoms with Gasteiger partial charge in [0, 0.05) is 12.1 Å². The molecule has 0 unspecified atom stereocenters. The molecule has 104 valence electrons. The summed E-state index contributed by atoms with van der Waals surface area (Å²) in [4.78, 5) is 23.0. The lowest BCUT2D eigenvalue weighted by Crippen LogP contribution is -2.48. The van der Waals surface area contributed by atoms with Gasteiger partial charge in [0.15, 0.2) is 0 Å². The fraction of sp³-hybridized carbons (Fsp3) is 0.429. The van der Waals surface area contributed by atoms with E-state index in [9.17, 15) is 14.0 Å². The van der Waals surface area contributed by atoms with E-state index in [-0.39, 0.29) is 5.82 Å². The highest BCUT2D eigenvalue weighted by Gasteiger charge is 2.19. The molecular formula is C14H19FN2O2. The molecule has 0 aliphatic rings. The lowest BCUT2D eigenvalue weighted by atomic mass is 10.1. The first-order chi connectivity index (χ1) is 8.78. The minimum absolute atomic E-state index is 0.294. The van der Waals surface area contributed by atoms with Crippen molar-refractivity contribution in [1.82, 2.24) is 10.6 Å². The monoisotopic (exact) mass is 266 g/mol. The summed E-state index contributed by atoms with van der Waals surface area (Å²) < 4.78 is 12.7. The zero-order valence-electron chi connectivity index (χ0n) is 11.4. The highest BCUT2D eigenvalue weighted by Crippen LogP contribution is 2.02. The van der Waals surface area contributed by atoms with Gasteiger partial charge < -0.3 is 10.6 Å². The van der Waals surface area contributed by atoms with E-state index in [4.69, 9.17) is 0 Å². The van der Waals surface area contributed by atoms with E-state index in [0.29, 0.717) is 13.0 Å². The summed E-state index contributed by atoms with van der Waals surface area (Å²) in [5.74, 6) is -1.60. The van der Waals surface area contributed by atoms with Crippen molar-refractivity contribution in [3.05, 3.63) is 35.6 Å². The first kappa shape index (κ1) is 15.1. The molecule has 0 saturated heterocycles. The van der Waals surface area contributed by atoms with Crippen LogP contribution in [-0.4, -0.2) is 23.9 Å². The lowest BCUT2D eigenvalue weighted by molar-refractivity contribution is -0.140. The van der Waals surface area contributed by atoms with Gasteiger partial charge in [-0.3, -0.25) is 9.59 Å². The molecule has 0 heterocycles. The fourth-order valence-electron chi connectivity index (χ4n) is 1.45. The van der Waals surface area contributed by atoms with Crippen LogP contribution in [0.5, 0.6) is 0 Å². The standard InChI is InChI=1S/C14H19FN2O2/c1-14(2,3)17-13(19)12(18)16-9-8-10-4-6-11(15)7-5-10/h4-7H,8-9H2,1-3H3,(H,16,18)(H,17,19). The molecule has 0 saturated carbocycles. The van der Waals surface area contributed by atoms with Crippen LogP contribution in [0.1, 0.15) is 26.3 Å². The summed E-state index contributed by atoms with van der Waals surface area (Å²) in [5, 5.41) is 5.10. The molecule has 0 aromatic heterocycles. The molecule has 2 amide bonds. The van der Waals surface area contributed by atoms with Crippen LogP contribution in [0.2, 0.25) is 0 Å². The fourth-order valence-corrected chi connectivity index (χ4v) is 1.45. The summed E-state index contributed by atoms with van der Waals surface area (Å²) in [7, 11) is 0. The Bertz CT molecular complexity index is 450. The largest absolute Gasteiger partial charge is 0.348 e. The third-order valence-electron chi connectivity index (χ3n) is 2.31. The average molecular weight is 266 g/mol. The smallest absolute Gasteiger partial charge is 0.309 e. The topological polar surface area (TPSA) is 58.2 Å². The number of carbonyl (C=O) groups is 2. The molecule has 0 fully saturated rings. The van der Waals surface area contributed by atoms with Gasteiger partial charge >= 0.3 is 11.8 Å². The van der Waals surface area contributed by atoms with Crippen molar-refractivity contribution in [3.8, 4) is 0 Å². The van der Waals surface area contributed by atoms with Crippen molar-refractivity contribution < 1.29 is 14.0 Å². The molecule has 0 aliphatic heterocycles. The Kier molecular flexibility index (Phi) is 5.03. The number of amides is 2. The van der Waals surface area contributed by atoms with Crippen LogP contribution in [0, 0.1) is 5.82 Å². The van der Waals surface area contributed by atoms with Crippen LogP contribution in [0.25, 0.3) is 0 Å². The Hall–Kier alpha value is -1.91. The van der Waals surface area contributed by atoms with Gasteiger partial charge in [-0.05, 0) is 44.9 Å². The van der Waals surface area contributed by atoms with E-state index in [2.05, 4.69) is 10.6 Å². The number of hydrogen-bond acceptors (Lipinski definition) is 2. The van der Waals surface area contributed by atoms with E-state index >= 15 is 0 Å². The van der Waals surface area contributed by atoms with Gasteiger partial charge in [0.2, 0.25) is 0 Å². The van der Waals surface area contributed by atoms with Crippen LogP contribution in [0.3, 0.4) is 0 Å². The summed E-state index contributed by atoms with van der Waals surface area (Å²) in [6.45, 7) is 5.74. The van der Waals surface area contributed by atoms with Crippen molar-refractivity contribution in [2.24, 2.45) is 0 Å². The third-order valence-corrected chi connectivity index (χ3v) is 2.31. The van der Waals surface area contributed by atoms with Crippen molar-refractivity contribution in [3.63, 3.8) is 0 Å². The van der Waals surface area contributed by atoms with Crippen LogP contribution in [0.4, 0.5) is 4.39 Å². The van der Waals surface area contributed by atoms with Gasteiger partial charge in [0.25, 0.3) is 0 Å². The predicted octanol–water partition coefficient (Wildman–Crippen LogP) is 1.40. The van der Waals surface area contributed by atoms with Crippen LogP contribution < -0.4 is 10.6 Å². The molecule has 5 heteroatoms. The second-order valence-corrected chi connectivity index (χ2v) is 5.34. The lowest BCUT2D eigenvalue weighted by Gasteiger charge is -2.19. The molecule has 0 radical (unpaired) electrons. The zero-order valence-corrected chi connectivity index (χ0v) is 11.4. The SMILES string of the molecule is CC(C)(C)NC(=O)C(=O)NCCc1ccc(F)cc1. The number of carbonyl (C=O) groups excluding carboxylic acids is 2. The van der Waals surface area contributed by atoms with Gasteiger partial charge in [-0.15, -0.1) is 0 Å². The molecule has 1 aromatic carbocycles. The maximum atomic E-state index is 12.7. The summed E-state index contributed by atoms with van der Waals surface area (Å²) in [6, 6.07) is 6.03. The van der Waals surface area contributed by atoms with Crippen molar-refractivity contribution in [2.75, 3.05) is 6.54 Å². The van der Waals surface area contributed by atoms with E-state index < -0.39 is 17.4 Å². The van der Waals surface area contributed by atoms with E-state index in [1.807, 2.05) is 0 Å². The normalized spacial score (nSPS) is 10.9. The maximum Gasteiger partial charge on any atom is 0.309 e. The number of hydrogen-bond donors (Lipinski definition) is 2. The molecule has 1 rings (SSSR count). The van der Waals surface area contributed by atoms with Crippen molar-refractivity contribution in [2.45, 2.75) is 32.7 Å². The summed E-state index contributed by atoms with van der Waals surface area (Å²) in [6.07, 6.45) is 0.550. The summed E-state index contributed by atoms with van der Waals surface area (Å²) >= 11 is 0. The van der Waals surface area contributed by atoms with Crippen LogP contribution in [-0.2, 0) is 16.0 Å². The van der Waals surface area contributed by atoms with E-state index in [1.54, 1.807) is 32.9 Å². The first-order valence-electron chi connectivity index (χ1n) is 6.13. The van der Waals surface area contributed by atoms with Gasteiger partial charge in [-0.1, -0.05) is 12.1 Å². The molecule has 0 spiro atoms. The Labute approximate surface area is 112 Å². The van der Waals surface area contributed by atoms with Crippen molar-refractivity contribution >= 4 is 11.8 Å². The Morgan fingerprint density at radius 1 is 1.11 bits per heavy atom. The van der Waals surface area contributed by atoms with Crippen LogP contribution >= 0.6 is 0 Å². The highest BCUT2D eigenvalue weighted by atomic mass is 19.1. The minimum atomic E-state index is -0.656. The van der Waals surface area contributed by atoms with Gasteiger partial charge in [-0.25, -0.2) is 4.39 Å². The van der Waals surface area contributed by atoms with E-state index in [1.165, 1.54) is 12.1 Å². The Balaban J connectivity index is 2.35. The van der Waals surface area contributed by atoms with Gasteiger partial charge in [0.05, 0.1) is 0 Å². The molecule has 0 aliphatic carbocycles. The molecular weight excluding hydrogens is 247 g/mol.